The molecule has 1 aliphatic rings. The van der Waals surface area contributed by atoms with Gasteiger partial charge in [-0.05, 0) is 25.2 Å². The second kappa shape index (κ2) is 6.83. The summed E-state index contributed by atoms with van der Waals surface area (Å²) < 4.78 is 26.5. The summed E-state index contributed by atoms with van der Waals surface area (Å²) in [5, 5.41) is 3.73. The maximum absolute atomic E-state index is 13.3. The first kappa shape index (κ1) is 15.9. The molecule has 0 bridgehead atoms. The highest BCUT2D eigenvalue weighted by Crippen LogP contribution is 2.36. The number of amides is 1. The molecule has 5 heteroatoms. The Morgan fingerprint density at radius 3 is 2.67 bits per heavy atom. The van der Waals surface area contributed by atoms with E-state index in [4.69, 9.17) is 0 Å². The average molecular weight is 326 g/mol. The molecule has 1 rings (SSSR count). The highest BCUT2D eigenvalue weighted by Gasteiger charge is 2.39. The van der Waals surface area contributed by atoms with Gasteiger partial charge in [0.2, 0.25) is 11.8 Å². The minimum atomic E-state index is -2.66. The van der Waals surface area contributed by atoms with Crippen LogP contribution in [-0.4, -0.2) is 23.2 Å². The molecule has 18 heavy (non-hydrogen) atoms. The van der Waals surface area contributed by atoms with Crippen molar-refractivity contribution >= 4 is 21.8 Å². The predicted octanol–water partition coefficient (Wildman–Crippen LogP) is 3.74. The van der Waals surface area contributed by atoms with Crippen molar-refractivity contribution in [1.29, 1.82) is 0 Å². The summed E-state index contributed by atoms with van der Waals surface area (Å²) in [6, 6.07) is 0.0624. The van der Waals surface area contributed by atoms with Gasteiger partial charge >= 0.3 is 0 Å². The van der Waals surface area contributed by atoms with Crippen LogP contribution >= 0.6 is 15.9 Å². The molecule has 1 aliphatic carbocycles. The summed E-state index contributed by atoms with van der Waals surface area (Å²) >= 11 is 3.35. The maximum Gasteiger partial charge on any atom is 0.248 e. The van der Waals surface area contributed by atoms with Crippen LogP contribution in [0.25, 0.3) is 0 Å². The van der Waals surface area contributed by atoms with Crippen LogP contribution in [0.5, 0.6) is 0 Å². The highest BCUT2D eigenvalue weighted by atomic mass is 79.9. The van der Waals surface area contributed by atoms with Gasteiger partial charge in [-0.3, -0.25) is 4.79 Å². The lowest BCUT2D eigenvalue weighted by molar-refractivity contribution is -0.133. The summed E-state index contributed by atoms with van der Waals surface area (Å²) in [5.74, 6) is -3.07. The summed E-state index contributed by atoms with van der Waals surface area (Å²) in [7, 11) is 0. The lowest BCUT2D eigenvalue weighted by Gasteiger charge is -2.30. The number of nitrogens with one attached hydrogen (secondary N) is 1. The Hall–Kier alpha value is -0.190. The van der Waals surface area contributed by atoms with Crippen molar-refractivity contribution in [3.63, 3.8) is 0 Å². The van der Waals surface area contributed by atoms with Crippen molar-refractivity contribution in [2.75, 3.05) is 5.33 Å². The summed E-state index contributed by atoms with van der Waals surface area (Å²) in [6.45, 7) is 4.06. The number of hydrogen-bond acceptors (Lipinski definition) is 1. The van der Waals surface area contributed by atoms with Gasteiger partial charge in [-0.2, -0.15) is 0 Å². The Labute approximate surface area is 116 Å². The fraction of sp³-hybridized carbons (Fsp3) is 0.923. The van der Waals surface area contributed by atoms with E-state index >= 15 is 0 Å². The topological polar surface area (TPSA) is 29.1 Å². The van der Waals surface area contributed by atoms with Crippen molar-refractivity contribution in [1.82, 2.24) is 5.32 Å². The van der Waals surface area contributed by atoms with Crippen molar-refractivity contribution < 1.29 is 13.6 Å². The molecule has 1 N–H and O–H groups in total. The molecular weight excluding hydrogens is 304 g/mol. The van der Waals surface area contributed by atoms with Gasteiger partial charge < -0.3 is 5.32 Å². The van der Waals surface area contributed by atoms with Crippen molar-refractivity contribution in [3.8, 4) is 0 Å². The molecule has 0 aromatic rings. The molecule has 0 heterocycles. The molecule has 1 saturated carbocycles. The third-order valence-electron chi connectivity index (χ3n) is 3.56. The zero-order valence-electron chi connectivity index (χ0n) is 11.0. The quantitative estimate of drug-likeness (QED) is 0.766. The zero-order valence-corrected chi connectivity index (χ0v) is 12.6. The first-order chi connectivity index (χ1) is 8.35. The highest BCUT2D eigenvalue weighted by molar-refractivity contribution is 9.09. The lowest BCUT2D eigenvalue weighted by atomic mass is 9.85. The molecule has 2 atom stereocenters. The van der Waals surface area contributed by atoms with Gasteiger partial charge in [0.15, 0.2) is 0 Å². The van der Waals surface area contributed by atoms with Crippen LogP contribution in [0, 0.1) is 11.8 Å². The van der Waals surface area contributed by atoms with Crippen LogP contribution in [0.3, 0.4) is 0 Å². The minimum absolute atomic E-state index is 0.0624. The van der Waals surface area contributed by atoms with E-state index in [2.05, 4.69) is 21.2 Å². The second-order valence-corrected chi connectivity index (χ2v) is 6.28. The van der Waals surface area contributed by atoms with Crippen molar-refractivity contribution in [3.05, 3.63) is 0 Å². The second-order valence-electron chi connectivity index (χ2n) is 5.49. The SMILES string of the molecule is CC(C)C(CCBr)NC(=O)C1CCCC(F)(F)C1. The van der Waals surface area contributed by atoms with Gasteiger partial charge in [-0.15, -0.1) is 0 Å². The molecule has 2 nitrogen and oxygen atoms in total. The fourth-order valence-electron chi connectivity index (χ4n) is 2.39. The third-order valence-corrected chi connectivity index (χ3v) is 4.02. The van der Waals surface area contributed by atoms with E-state index in [1.165, 1.54) is 0 Å². The molecule has 0 spiro atoms. The Bertz CT molecular complexity index is 284. The van der Waals surface area contributed by atoms with Crippen LogP contribution in [0.2, 0.25) is 0 Å². The number of alkyl halides is 3. The van der Waals surface area contributed by atoms with Gasteiger partial charge in [-0.1, -0.05) is 29.8 Å². The molecular formula is C13H22BrF2NO. The molecule has 0 aromatic heterocycles. The van der Waals surface area contributed by atoms with Gasteiger partial charge in [0.05, 0.1) is 0 Å². The van der Waals surface area contributed by atoms with Gasteiger partial charge in [-0.25, -0.2) is 8.78 Å². The summed E-state index contributed by atoms with van der Waals surface area (Å²) in [4.78, 5) is 12.0. The van der Waals surface area contributed by atoms with Crippen LogP contribution < -0.4 is 5.32 Å². The average Bonchev–Trinajstić information content (AvgIpc) is 2.26. The minimum Gasteiger partial charge on any atom is -0.353 e. The van der Waals surface area contributed by atoms with E-state index in [1.54, 1.807) is 0 Å². The molecule has 0 aliphatic heterocycles. The van der Waals surface area contributed by atoms with E-state index in [0.717, 1.165) is 11.8 Å². The fourth-order valence-corrected chi connectivity index (χ4v) is 2.88. The molecule has 106 valence electrons. The molecule has 0 aromatic carbocycles. The van der Waals surface area contributed by atoms with Crippen LogP contribution in [-0.2, 0) is 4.79 Å². The van der Waals surface area contributed by atoms with Gasteiger partial charge in [0.25, 0.3) is 0 Å². The molecule has 1 amide bonds. The predicted molar refractivity (Wildman–Crippen MR) is 72.1 cm³/mol. The number of hydrogen-bond donors (Lipinski definition) is 1. The summed E-state index contributed by atoms with van der Waals surface area (Å²) in [5.41, 5.74) is 0. The van der Waals surface area contributed by atoms with E-state index in [-0.39, 0.29) is 24.8 Å². The van der Waals surface area contributed by atoms with Crippen LogP contribution in [0.15, 0.2) is 0 Å². The van der Waals surface area contributed by atoms with E-state index in [9.17, 15) is 13.6 Å². The first-order valence-corrected chi connectivity index (χ1v) is 7.72. The van der Waals surface area contributed by atoms with Crippen molar-refractivity contribution in [2.45, 2.75) is 57.9 Å². The van der Waals surface area contributed by atoms with Gasteiger partial charge in [0.1, 0.15) is 0 Å². The number of rotatable bonds is 5. The normalized spacial score (nSPS) is 24.9. The van der Waals surface area contributed by atoms with E-state index in [1.807, 2.05) is 13.8 Å². The Kier molecular flexibility index (Phi) is 6.02. The van der Waals surface area contributed by atoms with E-state index < -0.39 is 11.8 Å². The number of halogens is 3. The maximum atomic E-state index is 13.3. The standard InChI is InChI=1S/C13H22BrF2NO/c1-9(2)11(5-7-14)17-12(18)10-4-3-6-13(15,16)8-10/h9-11H,3-8H2,1-2H3,(H,17,18). The lowest BCUT2D eigenvalue weighted by Crippen LogP contribution is -2.44. The van der Waals surface area contributed by atoms with Crippen LogP contribution in [0.4, 0.5) is 8.78 Å². The van der Waals surface area contributed by atoms with Gasteiger partial charge in [0, 0.05) is 30.1 Å². The third kappa shape index (κ3) is 4.82. The monoisotopic (exact) mass is 325 g/mol. The largest absolute Gasteiger partial charge is 0.353 e. The number of carbonyl (C=O) groups is 1. The Balaban J connectivity index is 2.53. The molecule has 1 fully saturated rings. The Morgan fingerprint density at radius 2 is 2.17 bits per heavy atom. The zero-order chi connectivity index (χ0) is 13.8. The van der Waals surface area contributed by atoms with Crippen molar-refractivity contribution in [2.24, 2.45) is 11.8 Å². The number of carbonyl (C=O) groups excluding carboxylic acids is 1. The van der Waals surface area contributed by atoms with Crippen LogP contribution in [0.1, 0.15) is 46.0 Å². The Morgan fingerprint density at radius 1 is 1.50 bits per heavy atom. The smallest absolute Gasteiger partial charge is 0.248 e. The molecule has 0 saturated heterocycles. The van der Waals surface area contributed by atoms with E-state index in [0.29, 0.717) is 18.8 Å². The molecule has 0 radical (unpaired) electrons. The first-order valence-electron chi connectivity index (χ1n) is 6.60. The summed E-state index contributed by atoms with van der Waals surface area (Å²) in [6.07, 6.45) is 1.48. The molecule has 2 unspecified atom stereocenters.